The smallest absolute Gasteiger partial charge is 0.387 e. The molecule has 0 heterocycles. The van der Waals surface area contributed by atoms with Gasteiger partial charge in [0.05, 0.1) is 11.1 Å². The van der Waals surface area contributed by atoms with E-state index in [4.69, 9.17) is 11.6 Å². The van der Waals surface area contributed by atoms with Crippen LogP contribution in [0.15, 0.2) is 12.1 Å². The summed E-state index contributed by atoms with van der Waals surface area (Å²) < 4.78 is 42.0. The Bertz CT molecular complexity index is 516. The van der Waals surface area contributed by atoms with Gasteiger partial charge in [-0.15, -0.1) is 0 Å². The van der Waals surface area contributed by atoms with Crippen LogP contribution in [-0.2, 0) is 0 Å². The summed E-state index contributed by atoms with van der Waals surface area (Å²) in [7, 11) is 0. The third-order valence-electron chi connectivity index (χ3n) is 3.26. The van der Waals surface area contributed by atoms with Gasteiger partial charge in [-0.3, -0.25) is 0 Å². The van der Waals surface area contributed by atoms with Gasteiger partial charge in [-0.25, -0.2) is 4.39 Å². The highest BCUT2D eigenvalue weighted by atomic mass is 35.5. The third kappa shape index (κ3) is 3.10. The summed E-state index contributed by atoms with van der Waals surface area (Å²) in [5, 5.41) is 11.9. The summed E-state index contributed by atoms with van der Waals surface area (Å²) >= 11 is 5.73. The number of halogens is 4. The lowest BCUT2D eigenvalue weighted by Crippen LogP contribution is -2.33. The van der Waals surface area contributed by atoms with Crippen molar-refractivity contribution >= 4 is 17.3 Å². The van der Waals surface area contributed by atoms with Crippen LogP contribution in [0.5, 0.6) is 5.75 Å². The van der Waals surface area contributed by atoms with E-state index in [9.17, 15) is 18.4 Å². The predicted molar refractivity (Wildman–Crippen MR) is 68.5 cm³/mol. The lowest BCUT2D eigenvalue weighted by molar-refractivity contribution is -0.0521. The molecule has 0 amide bonds. The van der Waals surface area contributed by atoms with Crippen molar-refractivity contribution in [3.8, 4) is 11.8 Å². The molecule has 1 saturated carbocycles. The van der Waals surface area contributed by atoms with Crippen molar-refractivity contribution < 1.29 is 17.9 Å². The second-order valence-electron chi connectivity index (χ2n) is 4.67. The molecule has 1 fully saturated rings. The van der Waals surface area contributed by atoms with Gasteiger partial charge in [0.25, 0.3) is 0 Å². The van der Waals surface area contributed by atoms with Gasteiger partial charge in [-0.2, -0.15) is 14.0 Å². The topological polar surface area (TPSA) is 45.0 Å². The maximum Gasteiger partial charge on any atom is 0.387 e. The maximum absolute atomic E-state index is 13.7. The molecule has 1 aromatic rings. The Kier molecular flexibility index (Phi) is 4.29. The highest BCUT2D eigenvalue weighted by Crippen LogP contribution is 2.36. The predicted octanol–water partition coefficient (Wildman–Crippen LogP) is 4.33. The number of benzene rings is 1. The largest absolute Gasteiger partial charge is 0.430 e. The highest BCUT2D eigenvalue weighted by Gasteiger charge is 2.34. The van der Waals surface area contributed by atoms with Crippen molar-refractivity contribution in [1.82, 2.24) is 0 Å². The van der Waals surface area contributed by atoms with E-state index in [1.165, 1.54) is 6.07 Å². The van der Waals surface area contributed by atoms with Gasteiger partial charge in [-0.1, -0.05) is 11.6 Å². The number of rotatable bonds is 4. The average Bonchev–Trinajstić information content (AvgIpc) is 2.83. The van der Waals surface area contributed by atoms with Crippen molar-refractivity contribution in [3.05, 3.63) is 23.0 Å². The van der Waals surface area contributed by atoms with Gasteiger partial charge in [-0.05, 0) is 31.7 Å². The average molecular weight is 305 g/mol. The molecule has 0 aromatic heterocycles. The summed E-state index contributed by atoms with van der Waals surface area (Å²) in [6, 6.07) is 4.46. The minimum Gasteiger partial charge on any atom is -0.430 e. The van der Waals surface area contributed by atoms with Crippen LogP contribution in [-0.4, -0.2) is 12.2 Å². The molecule has 108 valence electrons. The van der Waals surface area contributed by atoms with Gasteiger partial charge in [0.2, 0.25) is 0 Å². The molecule has 0 radical (unpaired) electrons. The quantitative estimate of drug-likeness (QED) is 0.900. The number of ether oxygens (including phenoxy) is 1. The first-order valence-electron chi connectivity index (χ1n) is 6.09. The molecule has 0 spiro atoms. The van der Waals surface area contributed by atoms with Crippen LogP contribution >= 0.6 is 11.6 Å². The van der Waals surface area contributed by atoms with E-state index in [0.29, 0.717) is 12.8 Å². The molecular formula is C13H12ClF3N2O. The fourth-order valence-electron chi connectivity index (χ4n) is 2.35. The zero-order valence-corrected chi connectivity index (χ0v) is 11.2. The van der Waals surface area contributed by atoms with E-state index >= 15 is 0 Å². The van der Waals surface area contributed by atoms with Crippen LogP contribution in [0.1, 0.15) is 25.7 Å². The van der Waals surface area contributed by atoms with E-state index in [2.05, 4.69) is 16.1 Å². The first kappa shape index (κ1) is 14.8. The molecule has 1 aliphatic rings. The molecule has 20 heavy (non-hydrogen) atoms. The molecule has 7 heteroatoms. The third-order valence-corrected chi connectivity index (χ3v) is 3.54. The maximum atomic E-state index is 13.7. The van der Waals surface area contributed by atoms with E-state index in [1.807, 2.05) is 0 Å². The van der Waals surface area contributed by atoms with Crippen molar-refractivity contribution in [2.45, 2.75) is 37.8 Å². The van der Waals surface area contributed by atoms with Crippen LogP contribution in [0.2, 0.25) is 5.02 Å². The van der Waals surface area contributed by atoms with Gasteiger partial charge in [0, 0.05) is 11.8 Å². The van der Waals surface area contributed by atoms with Gasteiger partial charge >= 0.3 is 6.61 Å². The van der Waals surface area contributed by atoms with Crippen LogP contribution in [0.3, 0.4) is 0 Å². The Labute approximate surface area is 119 Å². The number of hydrogen-bond donors (Lipinski definition) is 1. The zero-order valence-electron chi connectivity index (χ0n) is 10.4. The number of anilines is 1. The lowest BCUT2D eigenvalue weighted by Gasteiger charge is -2.24. The first-order chi connectivity index (χ1) is 9.46. The number of hydrogen-bond acceptors (Lipinski definition) is 3. The number of nitriles is 1. The van der Waals surface area contributed by atoms with E-state index in [0.717, 1.165) is 18.9 Å². The Morgan fingerprint density at radius 1 is 1.35 bits per heavy atom. The van der Waals surface area contributed by atoms with Gasteiger partial charge in [0.15, 0.2) is 11.6 Å². The molecule has 1 N–H and O–H groups in total. The van der Waals surface area contributed by atoms with Gasteiger partial charge < -0.3 is 10.1 Å². The SMILES string of the molecule is N#CC1(Nc2cc(F)c(OC(F)F)c(Cl)c2)CCCC1. The number of nitrogens with zero attached hydrogens (tertiary/aromatic N) is 1. The number of nitrogens with one attached hydrogen (secondary N) is 1. The Balaban J connectivity index is 2.24. The first-order valence-corrected chi connectivity index (χ1v) is 6.47. The van der Waals surface area contributed by atoms with E-state index in [-0.39, 0.29) is 10.7 Å². The highest BCUT2D eigenvalue weighted by molar-refractivity contribution is 6.32. The second kappa shape index (κ2) is 5.80. The second-order valence-corrected chi connectivity index (χ2v) is 5.08. The summed E-state index contributed by atoms with van der Waals surface area (Å²) in [5.41, 5.74) is -0.474. The van der Waals surface area contributed by atoms with Crippen LogP contribution in [0.4, 0.5) is 18.9 Å². The van der Waals surface area contributed by atoms with Crippen molar-refractivity contribution in [2.75, 3.05) is 5.32 Å². The molecule has 0 aliphatic heterocycles. The fourth-order valence-corrected chi connectivity index (χ4v) is 2.61. The van der Waals surface area contributed by atoms with Gasteiger partial charge in [0.1, 0.15) is 5.54 Å². The molecule has 0 bridgehead atoms. The fraction of sp³-hybridized carbons (Fsp3) is 0.462. The zero-order chi connectivity index (χ0) is 14.8. The molecular weight excluding hydrogens is 293 g/mol. The molecule has 1 aliphatic carbocycles. The minimum absolute atomic E-state index is 0.265. The molecule has 0 unspecified atom stereocenters. The molecule has 2 rings (SSSR count). The Morgan fingerprint density at radius 3 is 2.50 bits per heavy atom. The summed E-state index contributed by atoms with van der Waals surface area (Å²) in [6.07, 6.45) is 3.11. The van der Waals surface area contributed by atoms with Crippen molar-refractivity contribution in [2.24, 2.45) is 0 Å². The lowest BCUT2D eigenvalue weighted by atomic mass is 9.99. The summed E-state index contributed by atoms with van der Waals surface area (Å²) in [6.45, 7) is -3.15. The molecule has 3 nitrogen and oxygen atoms in total. The van der Waals surface area contributed by atoms with Crippen LogP contribution in [0, 0.1) is 17.1 Å². The monoisotopic (exact) mass is 304 g/mol. The van der Waals surface area contributed by atoms with Crippen LogP contribution in [0.25, 0.3) is 0 Å². The van der Waals surface area contributed by atoms with Crippen molar-refractivity contribution in [3.63, 3.8) is 0 Å². The molecule has 0 saturated heterocycles. The normalized spacial score (nSPS) is 17.0. The van der Waals surface area contributed by atoms with E-state index in [1.54, 1.807) is 0 Å². The van der Waals surface area contributed by atoms with Crippen LogP contribution < -0.4 is 10.1 Å². The Morgan fingerprint density at radius 2 is 2.00 bits per heavy atom. The summed E-state index contributed by atoms with van der Waals surface area (Å²) in [4.78, 5) is 0. The summed E-state index contributed by atoms with van der Waals surface area (Å²) in [5.74, 6) is -1.68. The van der Waals surface area contributed by atoms with Crippen molar-refractivity contribution in [1.29, 1.82) is 5.26 Å². The van der Waals surface area contributed by atoms with E-state index < -0.39 is 23.7 Å². The Hall–Kier alpha value is -1.61. The standard InChI is InChI=1S/C13H12ClF3N2O/c14-9-5-8(6-10(15)11(9)20-12(16)17)19-13(7-18)3-1-2-4-13/h5-6,12,19H,1-4H2. The minimum atomic E-state index is -3.15. The molecule has 1 aromatic carbocycles. The number of alkyl halides is 2. The molecule has 0 atom stereocenters.